The van der Waals surface area contributed by atoms with Crippen LogP contribution in [0.1, 0.15) is 20.8 Å². The van der Waals surface area contributed by atoms with Gasteiger partial charge in [-0.3, -0.25) is 4.79 Å². The zero-order valence-electron chi connectivity index (χ0n) is 12.2. The molecule has 0 aromatic rings. The third kappa shape index (κ3) is 6.72. The molecule has 1 fully saturated rings. The van der Waals surface area contributed by atoms with Crippen molar-refractivity contribution in [1.82, 2.24) is 0 Å². The van der Waals surface area contributed by atoms with Crippen LogP contribution in [0, 0.1) is 5.41 Å². The fourth-order valence-corrected chi connectivity index (χ4v) is 1.69. The Hall–Kier alpha value is 2.78. The molecule has 1 heterocycles. The van der Waals surface area contributed by atoms with Crippen molar-refractivity contribution < 1.29 is 128 Å². The summed E-state index contributed by atoms with van der Waals surface area (Å²) in [6.07, 6.45) is -6.62. The molecule has 0 bridgehead atoms. The van der Waals surface area contributed by atoms with Gasteiger partial charge in [-0.05, 0) is 0 Å². The van der Waals surface area contributed by atoms with Gasteiger partial charge in [0.05, 0.1) is 0 Å². The first-order valence-corrected chi connectivity index (χ1v) is 5.47. The number of rotatable bonds is 2. The van der Waals surface area contributed by atoms with E-state index in [0.717, 1.165) is 0 Å². The minimum Gasteiger partial charge on any atom is -0.387 e. The summed E-state index contributed by atoms with van der Waals surface area (Å²) in [4.78, 5) is 12.0. The van der Waals surface area contributed by atoms with Crippen molar-refractivity contribution >= 4 is 5.78 Å². The van der Waals surface area contributed by atoms with Crippen LogP contribution in [0.15, 0.2) is 0 Å². The first-order chi connectivity index (χ1) is 7.70. The van der Waals surface area contributed by atoms with Crippen molar-refractivity contribution in [1.29, 1.82) is 0 Å². The summed E-state index contributed by atoms with van der Waals surface area (Å²) in [5.74, 6) is -0.349. The Morgan fingerprint density at radius 2 is 1.45 bits per heavy atom. The maximum atomic E-state index is 12.0. The second-order valence-corrected chi connectivity index (χ2v) is 5.25. The number of carbonyl (C=O) groups excluding carboxylic acids is 1. The fourth-order valence-electron chi connectivity index (χ4n) is 1.69. The molecule has 3 N–H and O–H groups in total. The number of Topliss-reactive ketones (excluding diaryl/α,β-unsaturated/α-hetero) is 1. The van der Waals surface area contributed by atoms with Gasteiger partial charge in [0.1, 0.15) is 24.4 Å². The second kappa shape index (κ2) is 11.4. The zero-order valence-corrected chi connectivity index (χ0v) is 20.7. The van der Waals surface area contributed by atoms with E-state index in [1.54, 1.807) is 20.8 Å². The molecule has 0 aliphatic carbocycles. The summed E-state index contributed by atoms with van der Waals surface area (Å²) in [5.41, 5.74) is -0.716. The van der Waals surface area contributed by atoms with Gasteiger partial charge in [-0.15, -0.1) is 0 Å². The first kappa shape index (κ1) is 27.6. The number of hydrogen-bond donors (Lipinski definition) is 3. The zero-order chi connectivity index (χ0) is 13.4. The third-order valence-electron chi connectivity index (χ3n) is 2.80. The van der Waals surface area contributed by atoms with Crippen LogP contribution in [0.5, 0.6) is 0 Å². The molecule has 0 unspecified atom stereocenters. The average Bonchev–Trinajstić information content (AvgIpc) is 2.24. The standard InChI is InChI=1S/C11H20O6.3Y/c1-11(2,3)9(15)8-6(13)5(12)7(14)10(16-4)17-8;;;/h5-8,10,12-14H,1-4H3;;;/t5-,6-,7+,8-,10+;;;/m0.../s1. The summed E-state index contributed by atoms with van der Waals surface area (Å²) in [7, 11) is 1.29. The summed E-state index contributed by atoms with van der Waals surface area (Å²) in [6, 6.07) is 0. The van der Waals surface area contributed by atoms with E-state index in [9.17, 15) is 20.1 Å². The minimum atomic E-state index is -1.47. The molecular weight excluding hydrogens is 495 g/mol. The van der Waals surface area contributed by atoms with Crippen LogP contribution in [0.25, 0.3) is 0 Å². The maximum Gasteiger partial charge on any atom is 0.186 e. The van der Waals surface area contributed by atoms with Gasteiger partial charge in [0, 0.05) is 111 Å². The normalized spacial score (nSPS) is 33.2. The van der Waals surface area contributed by atoms with Crippen LogP contribution >= 0.6 is 0 Å². The Labute approximate surface area is 194 Å². The van der Waals surface area contributed by atoms with Crippen LogP contribution in [-0.2, 0) is 112 Å². The molecule has 1 aliphatic heterocycles. The van der Waals surface area contributed by atoms with E-state index in [-0.39, 0.29) is 104 Å². The van der Waals surface area contributed by atoms with Crippen molar-refractivity contribution in [2.24, 2.45) is 5.41 Å². The predicted octanol–water partition coefficient (Wildman–Crippen LogP) is -0.952. The van der Waals surface area contributed by atoms with Crippen LogP contribution < -0.4 is 0 Å². The van der Waals surface area contributed by atoms with E-state index in [2.05, 4.69) is 0 Å². The summed E-state index contributed by atoms with van der Waals surface area (Å²) in [6.45, 7) is 5.06. The van der Waals surface area contributed by atoms with E-state index >= 15 is 0 Å². The van der Waals surface area contributed by atoms with E-state index in [1.165, 1.54) is 7.11 Å². The number of aliphatic hydroxyl groups is 3. The quantitative estimate of drug-likeness (QED) is 0.440. The minimum absolute atomic E-state index is 0. The van der Waals surface area contributed by atoms with Crippen molar-refractivity contribution in [2.75, 3.05) is 7.11 Å². The SMILES string of the molecule is CO[C@@H]1O[C@H](C(=O)C(C)(C)C)[C@@H](O)[C@H](O)[C@H]1O.[Y].[Y].[Y]. The molecule has 3 radical (unpaired) electrons. The number of ether oxygens (including phenoxy) is 2. The van der Waals surface area contributed by atoms with Crippen molar-refractivity contribution in [2.45, 2.75) is 51.5 Å². The van der Waals surface area contributed by atoms with Crippen LogP contribution in [-0.4, -0.2) is 58.9 Å². The molecule has 6 nitrogen and oxygen atoms in total. The van der Waals surface area contributed by atoms with Crippen molar-refractivity contribution in [3.05, 3.63) is 0 Å². The monoisotopic (exact) mass is 515 g/mol. The molecule has 0 amide bonds. The molecule has 0 spiro atoms. The summed E-state index contributed by atoms with van der Waals surface area (Å²) < 4.78 is 10.0. The molecule has 1 saturated heterocycles. The Morgan fingerprint density at radius 1 is 1.00 bits per heavy atom. The predicted molar refractivity (Wildman–Crippen MR) is 58.2 cm³/mol. The largest absolute Gasteiger partial charge is 0.387 e. The van der Waals surface area contributed by atoms with Gasteiger partial charge < -0.3 is 24.8 Å². The number of aliphatic hydroxyl groups excluding tert-OH is 3. The van der Waals surface area contributed by atoms with Crippen molar-refractivity contribution in [3.63, 3.8) is 0 Å². The second-order valence-electron chi connectivity index (χ2n) is 5.25. The van der Waals surface area contributed by atoms with Crippen LogP contribution in [0.4, 0.5) is 0 Å². The molecule has 20 heavy (non-hydrogen) atoms. The molecule has 9 heteroatoms. The number of methoxy groups -OCH3 is 1. The number of hydrogen-bond acceptors (Lipinski definition) is 6. The molecule has 0 saturated carbocycles. The topological polar surface area (TPSA) is 96.2 Å². The van der Waals surface area contributed by atoms with Gasteiger partial charge in [-0.25, -0.2) is 0 Å². The van der Waals surface area contributed by atoms with E-state index < -0.39 is 36.1 Å². The Bertz CT molecular complexity index is 294. The van der Waals surface area contributed by atoms with Gasteiger partial charge in [0.25, 0.3) is 0 Å². The molecule has 0 aromatic heterocycles. The summed E-state index contributed by atoms with van der Waals surface area (Å²) >= 11 is 0. The Kier molecular flexibility index (Phi) is 15.7. The summed E-state index contributed by atoms with van der Waals surface area (Å²) in [5, 5.41) is 28.9. The van der Waals surface area contributed by atoms with Gasteiger partial charge in [-0.1, -0.05) is 20.8 Å². The number of carbonyl (C=O) groups is 1. The molecule has 1 aliphatic rings. The van der Waals surface area contributed by atoms with Gasteiger partial charge >= 0.3 is 0 Å². The third-order valence-corrected chi connectivity index (χ3v) is 2.80. The Balaban J connectivity index is -0.000000963. The molecule has 0 aromatic carbocycles. The Morgan fingerprint density at radius 3 is 1.80 bits per heavy atom. The average molecular weight is 515 g/mol. The molecule has 1 rings (SSSR count). The fraction of sp³-hybridized carbons (Fsp3) is 0.909. The van der Waals surface area contributed by atoms with E-state index in [0.29, 0.717) is 0 Å². The van der Waals surface area contributed by atoms with E-state index in [1.807, 2.05) is 0 Å². The molecular formula is C11H20O6Y3. The maximum absolute atomic E-state index is 12.0. The molecule has 109 valence electrons. The van der Waals surface area contributed by atoms with Crippen molar-refractivity contribution in [3.8, 4) is 0 Å². The van der Waals surface area contributed by atoms with Gasteiger partial charge in [0.15, 0.2) is 12.1 Å². The smallest absolute Gasteiger partial charge is 0.186 e. The van der Waals surface area contributed by atoms with Crippen LogP contribution in [0.2, 0.25) is 0 Å². The van der Waals surface area contributed by atoms with Gasteiger partial charge in [-0.2, -0.15) is 0 Å². The first-order valence-electron chi connectivity index (χ1n) is 5.47. The number of ketones is 1. The van der Waals surface area contributed by atoms with Crippen LogP contribution in [0.3, 0.4) is 0 Å². The molecule has 5 atom stereocenters. The van der Waals surface area contributed by atoms with E-state index in [4.69, 9.17) is 9.47 Å². The van der Waals surface area contributed by atoms with Gasteiger partial charge in [0.2, 0.25) is 0 Å².